The van der Waals surface area contributed by atoms with Crippen molar-refractivity contribution in [2.45, 2.75) is 37.1 Å². The number of alkyl halides is 1. The second-order valence-electron chi connectivity index (χ2n) is 4.47. The molecule has 2 saturated heterocycles. The fourth-order valence-electron chi connectivity index (χ4n) is 2.36. The van der Waals surface area contributed by atoms with Gasteiger partial charge in [-0.3, -0.25) is 4.79 Å². The first-order valence-electron chi connectivity index (χ1n) is 5.73. The average molecular weight is 276 g/mol. The van der Waals surface area contributed by atoms with Crippen LogP contribution in [0.25, 0.3) is 0 Å². The van der Waals surface area contributed by atoms with E-state index in [-0.39, 0.29) is 12.0 Å². The Kier molecular flexibility index (Phi) is 3.67. The van der Waals surface area contributed by atoms with Crippen LogP contribution < -0.4 is 0 Å². The molecule has 2 aliphatic heterocycles. The van der Waals surface area contributed by atoms with Crippen LogP contribution in [0, 0.1) is 5.92 Å². The number of carbonyl (C=O) groups excluding carboxylic acids is 1. The molecule has 2 unspecified atom stereocenters. The highest BCUT2D eigenvalue weighted by Crippen LogP contribution is 2.25. The molecule has 2 rings (SSSR count). The highest BCUT2D eigenvalue weighted by molar-refractivity contribution is 9.09. The standard InChI is InChI=1S/C11H18BrNO2/c1-8-10(4-7-15-8)11(14)13-5-2-9(12)3-6-13/h8-10H,2-7H2,1H3. The molecule has 0 radical (unpaired) electrons. The summed E-state index contributed by atoms with van der Waals surface area (Å²) >= 11 is 3.60. The van der Waals surface area contributed by atoms with Crippen LogP contribution in [0.4, 0.5) is 0 Å². The lowest BCUT2D eigenvalue weighted by Gasteiger charge is -2.32. The predicted octanol–water partition coefficient (Wildman–Crippen LogP) is 1.80. The molecule has 0 spiro atoms. The van der Waals surface area contributed by atoms with Gasteiger partial charge in [0, 0.05) is 24.5 Å². The van der Waals surface area contributed by atoms with E-state index in [0.717, 1.165) is 39.0 Å². The van der Waals surface area contributed by atoms with Gasteiger partial charge in [-0.1, -0.05) is 15.9 Å². The van der Waals surface area contributed by atoms with Crippen molar-refractivity contribution in [2.75, 3.05) is 19.7 Å². The van der Waals surface area contributed by atoms with Crippen molar-refractivity contribution in [2.24, 2.45) is 5.92 Å². The molecule has 0 aromatic rings. The fraction of sp³-hybridized carbons (Fsp3) is 0.909. The van der Waals surface area contributed by atoms with Crippen LogP contribution in [-0.2, 0) is 9.53 Å². The molecule has 2 fully saturated rings. The van der Waals surface area contributed by atoms with Crippen molar-refractivity contribution in [3.63, 3.8) is 0 Å². The largest absolute Gasteiger partial charge is 0.378 e. The lowest BCUT2D eigenvalue weighted by molar-refractivity contribution is -0.137. The maximum atomic E-state index is 12.1. The number of ether oxygens (including phenoxy) is 1. The van der Waals surface area contributed by atoms with Gasteiger partial charge < -0.3 is 9.64 Å². The van der Waals surface area contributed by atoms with Crippen molar-refractivity contribution in [1.82, 2.24) is 4.90 Å². The smallest absolute Gasteiger partial charge is 0.228 e. The van der Waals surface area contributed by atoms with Gasteiger partial charge in [0.2, 0.25) is 5.91 Å². The Balaban J connectivity index is 1.90. The number of likely N-dealkylation sites (tertiary alicyclic amines) is 1. The Bertz CT molecular complexity index is 239. The number of amides is 1. The predicted molar refractivity (Wildman–Crippen MR) is 62.1 cm³/mol. The molecule has 4 heteroatoms. The number of carbonyl (C=O) groups is 1. The summed E-state index contributed by atoms with van der Waals surface area (Å²) in [6.07, 6.45) is 3.16. The van der Waals surface area contributed by atoms with Crippen LogP contribution in [-0.4, -0.2) is 41.4 Å². The molecule has 2 aliphatic rings. The zero-order valence-electron chi connectivity index (χ0n) is 9.12. The number of hydrogen-bond acceptors (Lipinski definition) is 2. The molecule has 0 bridgehead atoms. The van der Waals surface area contributed by atoms with E-state index >= 15 is 0 Å². The summed E-state index contributed by atoms with van der Waals surface area (Å²) in [5.74, 6) is 0.413. The van der Waals surface area contributed by atoms with E-state index in [4.69, 9.17) is 4.74 Å². The molecule has 3 nitrogen and oxygen atoms in total. The number of hydrogen-bond donors (Lipinski definition) is 0. The van der Waals surface area contributed by atoms with Gasteiger partial charge in [0.15, 0.2) is 0 Å². The van der Waals surface area contributed by atoms with Crippen LogP contribution in [0.2, 0.25) is 0 Å². The second kappa shape index (κ2) is 4.83. The zero-order chi connectivity index (χ0) is 10.8. The Hall–Kier alpha value is -0.0900. The molecular formula is C11H18BrNO2. The summed E-state index contributed by atoms with van der Waals surface area (Å²) in [5, 5.41) is 0. The maximum Gasteiger partial charge on any atom is 0.228 e. The lowest BCUT2D eigenvalue weighted by Crippen LogP contribution is -2.43. The van der Waals surface area contributed by atoms with Crippen molar-refractivity contribution in [1.29, 1.82) is 0 Å². The maximum absolute atomic E-state index is 12.1. The van der Waals surface area contributed by atoms with Gasteiger partial charge in [-0.25, -0.2) is 0 Å². The van der Waals surface area contributed by atoms with Gasteiger partial charge in [0.1, 0.15) is 0 Å². The molecule has 0 aliphatic carbocycles. The van der Waals surface area contributed by atoms with Gasteiger partial charge in [-0.05, 0) is 26.2 Å². The van der Waals surface area contributed by atoms with Gasteiger partial charge in [0.25, 0.3) is 0 Å². The van der Waals surface area contributed by atoms with E-state index in [2.05, 4.69) is 15.9 Å². The molecule has 86 valence electrons. The first-order chi connectivity index (χ1) is 7.18. The molecule has 15 heavy (non-hydrogen) atoms. The van der Waals surface area contributed by atoms with Gasteiger partial charge in [0.05, 0.1) is 12.0 Å². The van der Waals surface area contributed by atoms with Crippen LogP contribution in [0.1, 0.15) is 26.2 Å². The van der Waals surface area contributed by atoms with Crippen molar-refractivity contribution in [3.05, 3.63) is 0 Å². The van der Waals surface area contributed by atoms with E-state index in [1.807, 2.05) is 11.8 Å². The third-order valence-corrected chi connectivity index (χ3v) is 4.35. The number of piperidine rings is 1. The summed E-state index contributed by atoms with van der Waals surface area (Å²) in [7, 11) is 0. The highest BCUT2D eigenvalue weighted by atomic mass is 79.9. The molecular weight excluding hydrogens is 258 g/mol. The average Bonchev–Trinajstić information content (AvgIpc) is 2.65. The third-order valence-electron chi connectivity index (χ3n) is 3.43. The normalized spacial score (nSPS) is 33.3. The quantitative estimate of drug-likeness (QED) is 0.683. The molecule has 0 saturated carbocycles. The fourth-order valence-corrected chi connectivity index (χ4v) is 2.77. The summed E-state index contributed by atoms with van der Waals surface area (Å²) in [5.41, 5.74) is 0. The van der Waals surface area contributed by atoms with Crippen LogP contribution in [0.3, 0.4) is 0 Å². The Labute approximate surface area is 99.3 Å². The van der Waals surface area contributed by atoms with E-state index < -0.39 is 0 Å². The summed E-state index contributed by atoms with van der Waals surface area (Å²) in [6, 6.07) is 0. The van der Waals surface area contributed by atoms with Gasteiger partial charge in [-0.15, -0.1) is 0 Å². The van der Waals surface area contributed by atoms with Crippen molar-refractivity contribution >= 4 is 21.8 Å². The number of nitrogens with zero attached hydrogens (tertiary/aromatic N) is 1. The summed E-state index contributed by atoms with van der Waals surface area (Å²) < 4.78 is 5.44. The lowest BCUT2D eigenvalue weighted by atomic mass is 9.99. The minimum atomic E-state index is 0.108. The molecule has 2 heterocycles. The number of halogens is 1. The third kappa shape index (κ3) is 2.53. The highest BCUT2D eigenvalue weighted by Gasteiger charge is 2.34. The first kappa shape index (κ1) is 11.4. The number of rotatable bonds is 1. The van der Waals surface area contributed by atoms with Crippen LogP contribution in [0.15, 0.2) is 0 Å². The molecule has 0 N–H and O–H groups in total. The van der Waals surface area contributed by atoms with Crippen molar-refractivity contribution in [3.8, 4) is 0 Å². The van der Waals surface area contributed by atoms with E-state index in [9.17, 15) is 4.79 Å². The van der Waals surface area contributed by atoms with Crippen LogP contribution in [0.5, 0.6) is 0 Å². The molecule has 0 aromatic heterocycles. The van der Waals surface area contributed by atoms with Crippen LogP contribution >= 0.6 is 15.9 Å². The first-order valence-corrected chi connectivity index (χ1v) is 6.64. The molecule has 2 atom stereocenters. The van der Waals surface area contributed by atoms with Gasteiger partial charge in [-0.2, -0.15) is 0 Å². The Morgan fingerprint density at radius 3 is 2.53 bits per heavy atom. The Morgan fingerprint density at radius 1 is 1.33 bits per heavy atom. The van der Waals surface area contributed by atoms with E-state index in [1.165, 1.54) is 0 Å². The van der Waals surface area contributed by atoms with Crippen molar-refractivity contribution < 1.29 is 9.53 Å². The summed E-state index contributed by atoms with van der Waals surface area (Å²) in [6.45, 7) is 4.55. The van der Waals surface area contributed by atoms with E-state index in [0.29, 0.717) is 10.7 Å². The second-order valence-corrected chi connectivity index (χ2v) is 5.77. The minimum Gasteiger partial charge on any atom is -0.378 e. The topological polar surface area (TPSA) is 29.5 Å². The molecule has 0 aromatic carbocycles. The zero-order valence-corrected chi connectivity index (χ0v) is 10.7. The Morgan fingerprint density at radius 2 is 2.00 bits per heavy atom. The monoisotopic (exact) mass is 275 g/mol. The van der Waals surface area contributed by atoms with Gasteiger partial charge >= 0.3 is 0 Å². The van der Waals surface area contributed by atoms with E-state index in [1.54, 1.807) is 0 Å². The summed E-state index contributed by atoms with van der Waals surface area (Å²) in [4.78, 5) is 14.8. The SMILES string of the molecule is CC1OCCC1C(=O)N1CCC(Br)CC1. The minimum absolute atomic E-state index is 0.108. The molecule has 1 amide bonds.